The van der Waals surface area contributed by atoms with Crippen LogP contribution in [0.3, 0.4) is 0 Å². The van der Waals surface area contributed by atoms with Gasteiger partial charge in [0.15, 0.2) is 0 Å². The Balaban J connectivity index is 1.74. The van der Waals surface area contributed by atoms with E-state index in [4.69, 9.17) is 5.11 Å². The molecule has 0 atom stereocenters. The third-order valence-electron chi connectivity index (χ3n) is 7.13. The molecule has 2 aromatic carbocycles. The van der Waals surface area contributed by atoms with E-state index in [1.165, 1.54) is 12.1 Å². The van der Waals surface area contributed by atoms with E-state index >= 15 is 0 Å². The number of nitrogens with one attached hydrogen (secondary N) is 2. The van der Waals surface area contributed by atoms with Crippen LogP contribution < -0.4 is 15.5 Å². The van der Waals surface area contributed by atoms with Crippen LogP contribution in [0.5, 0.6) is 5.75 Å². The Morgan fingerprint density at radius 2 is 1.60 bits per heavy atom. The monoisotopic (exact) mass is 563 g/mol. The minimum absolute atomic E-state index is 0.0103. The Morgan fingerprint density at radius 1 is 0.950 bits per heavy atom. The molecule has 1 aliphatic rings. The van der Waals surface area contributed by atoms with E-state index in [1.807, 2.05) is 5.01 Å². The summed E-state index contributed by atoms with van der Waals surface area (Å²) in [7, 11) is 0. The molecular formula is C29H36F3N3O5. The van der Waals surface area contributed by atoms with Gasteiger partial charge >= 0.3 is 12.3 Å². The van der Waals surface area contributed by atoms with Crippen molar-refractivity contribution in [1.82, 2.24) is 15.8 Å². The third kappa shape index (κ3) is 9.55. The molecule has 1 saturated carbocycles. The van der Waals surface area contributed by atoms with Gasteiger partial charge in [-0.2, -0.15) is 0 Å². The summed E-state index contributed by atoms with van der Waals surface area (Å²) in [6.45, 7) is 6.98. The van der Waals surface area contributed by atoms with Gasteiger partial charge in [0.2, 0.25) is 0 Å². The van der Waals surface area contributed by atoms with Gasteiger partial charge in [-0.1, -0.05) is 39.0 Å². The number of hydrazine groups is 1. The Kier molecular flexibility index (Phi) is 10.2. The van der Waals surface area contributed by atoms with Crippen molar-refractivity contribution in [1.29, 1.82) is 0 Å². The average Bonchev–Trinajstić information content (AvgIpc) is 2.87. The van der Waals surface area contributed by atoms with Crippen LogP contribution >= 0.6 is 0 Å². The second-order valence-corrected chi connectivity index (χ2v) is 11.1. The molecule has 0 heterocycles. The molecular weight excluding hydrogens is 527 g/mol. The second-order valence-electron chi connectivity index (χ2n) is 11.1. The number of rotatable bonds is 10. The lowest BCUT2D eigenvalue weighted by Gasteiger charge is -2.41. The fourth-order valence-electron chi connectivity index (χ4n) is 4.89. The van der Waals surface area contributed by atoms with Crippen molar-refractivity contribution in [2.75, 3.05) is 6.54 Å². The zero-order valence-corrected chi connectivity index (χ0v) is 22.9. The summed E-state index contributed by atoms with van der Waals surface area (Å²) < 4.78 is 42.0. The number of ether oxygens (including phenoxy) is 1. The quantitative estimate of drug-likeness (QED) is 0.328. The highest BCUT2D eigenvalue weighted by Gasteiger charge is 2.33. The molecule has 218 valence electrons. The van der Waals surface area contributed by atoms with Gasteiger partial charge in [-0.15, -0.1) is 13.2 Å². The summed E-state index contributed by atoms with van der Waals surface area (Å²) in [5.41, 5.74) is 4.28. The third-order valence-corrected chi connectivity index (χ3v) is 7.13. The predicted octanol–water partition coefficient (Wildman–Crippen LogP) is 5.54. The van der Waals surface area contributed by atoms with Crippen LogP contribution in [-0.4, -0.2) is 46.8 Å². The highest BCUT2D eigenvalue weighted by atomic mass is 19.4. The van der Waals surface area contributed by atoms with Gasteiger partial charge in [0.05, 0.1) is 6.42 Å². The number of nitrogens with zero attached hydrogens (tertiary/aromatic N) is 1. The summed E-state index contributed by atoms with van der Waals surface area (Å²) in [6.07, 6.45) is -1.42. The van der Waals surface area contributed by atoms with Crippen molar-refractivity contribution in [3.63, 3.8) is 0 Å². The summed E-state index contributed by atoms with van der Waals surface area (Å²) >= 11 is 0. The zero-order chi connectivity index (χ0) is 29.5. The molecule has 0 saturated heterocycles. The number of alkyl halides is 3. The van der Waals surface area contributed by atoms with Gasteiger partial charge in [-0.05, 0) is 72.9 Å². The van der Waals surface area contributed by atoms with E-state index in [2.05, 4.69) is 36.3 Å². The van der Waals surface area contributed by atoms with E-state index in [0.717, 1.165) is 43.4 Å². The first-order valence-electron chi connectivity index (χ1n) is 13.2. The molecule has 1 aliphatic carbocycles. The maximum atomic E-state index is 13.1. The van der Waals surface area contributed by atoms with E-state index < -0.39 is 24.0 Å². The van der Waals surface area contributed by atoms with Gasteiger partial charge in [-0.25, -0.2) is 5.01 Å². The van der Waals surface area contributed by atoms with E-state index in [9.17, 15) is 27.6 Å². The van der Waals surface area contributed by atoms with Crippen LogP contribution in [0, 0.1) is 11.3 Å². The highest BCUT2D eigenvalue weighted by molar-refractivity contribution is 5.94. The fraction of sp³-hybridized carbons (Fsp3) is 0.483. The topological polar surface area (TPSA) is 108 Å². The summed E-state index contributed by atoms with van der Waals surface area (Å²) in [5, 5.41) is 13.1. The molecule has 2 aromatic rings. The van der Waals surface area contributed by atoms with Crippen LogP contribution in [0.1, 0.15) is 79.2 Å². The molecule has 0 aromatic heterocycles. The number of carbonyl (C=O) groups excluding carboxylic acids is 2. The molecule has 2 amide bonds. The van der Waals surface area contributed by atoms with Crippen molar-refractivity contribution in [3.05, 3.63) is 65.2 Å². The normalized spacial score (nSPS) is 17.8. The fourth-order valence-corrected chi connectivity index (χ4v) is 4.89. The molecule has 8 nitrogen and oxygen atoms in total. The van der Waals surface area contributed by atoms with E-state index in [1.54, 1.807) is 24.3 Å². The molecule has 3 N–H and O–H groups in total. The van der Waals surface area contributed by atoms with Gasteiger partial charge in [-0.3, -0.25) is 19.8 Å². The molecule has 11 heteroatoms. The number of carboxylic acid groups (broad SMARTS) is 1. The number of hydrogen-bond donors (Lipinski definition) is 3. The Labute approximate surface area is 231 Å². The number of halogens is 3. The van der Waals surface area contributed by atoms with Crippen molar-refractivity contribution in [2.24, 2.45) is 11.3 Å². The van der Waals surface area contributed by atoms with Gasteiger partial charge < -0.3 is 15.2 Å². The Bertz CT molecular complexity index is 1170. The molecule has 0 spiro atoms. The first-order valence-corrected chi connectivity index (χ1v) is 13.2. The summed E-state index contributed by atoms with van der Waals surface area (Å²) in [5.74, 6) is -1.89. The maximum absolute atomic E-state index is 13.1. The molecule has 0 radical (unpaired) electrons. The number of hydrogen-bond acceptors (Lipinski definition) is 5. The van der Waals surface area contributed by atoms with Crippen LogP contribution in [-0.2, 0) is 11.3 Å². The maximum Gasteiger partial charge on any atom is 0.573 e. The van der Waals surface area contributed by atoms with E-state index in [0.29, 0.717) is 18.0 Å². The molecule has 40 heavy (non-hydrogen) atoms. The molecule has 0 unspecified atom stereocenters. The zero-order valence-electron chi connectivity index (χ0n) is 22.9. The van der Waals surface area contributed by atoms with Crippen molar-refractivity contribution in [3.8, 4) is 5.75 Å². The molecule has 3 rings (SSSR count). The first-order chi connectivity index (χ1) is 18.7. The smallest absolute Gasteiger partial charge is 0.481 e. The van der Waals surface area contributed by atoms with E-state index in [-0.39, 0.29) is 35.9 Å². The molecule has 1 fully saturated rings. The second kappa shape index (κ2) is 13.2. The average molecular weight is 564 g/mol. The number of benzene rings is 2. The van der Waals surface area contributed by atoms with Crippen molar-refractivity contribution in [2.45, 2.75) is 71.8 Å². The highest BCUT2D eigenvalue weighted by Crippen LogP contribution is 2.39. The minimum atomic E-state index is -4.87. The SMILES string of the molecule is CC(C)(C)[C@H]1CC[C@@H](N(Cc2ccc(C(=O)NCCC(=O)O)cc2)NC(=O)c2cccc(OC(F)(F)F)c2)CC1. The summed E-state index contributed by atoms with van der Waals surface area (Å²) in [6, 6.07) is 11.7. The van der Waals surface area contributed by atoms with Crippen LogP contribution in [0.2, 0.25) is 0 Å². The Hall–Kier alpha value is -3.60. The lowest BCUT2D eigenvalue weighted by molar-refractivity contribution is -0.274. The van der Waals surface area contributed by atoms with Crippen LogP contribution in [0.25, 0.3) is 0 Å². The Morgan fingerprint density at radius 3 is 2.17 bits per heavy atom. The molecule has 0 bridgehead atoms. The number of carbonyl (C=O) groups is 3. The standard InChI is InChI=1S/C29H36F3N3O5/c1-28(2,3)22-11-13-23(14-12-22)35(34-27(39)21-5-4-6-24(17-21)40-29(30,31)32)18-19-7-9-20(10-8-19)26(38)33-16-15-25(36)37/h4-10,17,22-23H,11-16,18H2,1-3H3,(H,33,38)(H,34,39)(H,36,37)/t22-,23+. The molecule has 0 aliphatic heterocycles. The van der Waals surface area contributed by atoms with Crippen molar-refractivity contribution >= 4 is 17.8 Å². The largest absolute Gasteiger partial charge is 0.573 e. The van der Waals surface area contributed by atoms with Crippen LogP contribution in [0.15, 0.2) is 48.5 Å². The van der Waals surface area contributed by atoms with Crippen molar-refractivity contribution < 1.29 is 37.4 Å². The number of carboxylic acids is 1. The first kappa shape index (κ1) is 30.9. The lowest BCUT2D eigenvalue weighted by Crippen LogP contribution is -2.49. The predicted molar refractivity (Wildman–Crippen MR) is 142 cm³/mol. The van der Waals surface area contributed by atoms with Gasteiger partial charge in [0, 0.05) is 30.3 Å². The van der Waals surface area contributed by atoms with Gasteiger partial charge in [0.25, 0.3) is 11.8 Å². The van der Waals surface area contributed by atoms with Gasteiger partial charge in [0.1, 0.15) is 5.75 Å². The lowest BCUT2D eigenvalue weighted by atomic mass is 9.71. The summed E-state index contributed by atoms with van der Waals surface area (Å²) in [4.78, 5) is 36.1. The minimum Gasteiger partial charge on any atom is -0.481 e. The number of aliphatic carboxylic acids is 1. The number of amides is 2. The van der Waals surface area contributed by atoms with Crippen LogP contribution in [0.4, 0.5) is 13.2 Å².